The number of amides is 1. The van der Waals surface area contributed by atoms with Crippen molar-refractivity contribution in [3.63, 3.8) is 0 Å². The summed E-state index contributed by atoms with van der Waals surface area (Å²) in [5.74, 6) is 1.67. The minimum Gasteiger partial charge on any atom is -0.497 e. The van der Waals surface area contributed by atoms with Gasteiger partial charge in [-0.3, -0.25) is 4.79 Å². The Morgan fingerprint density at radius 2 is 1.68 bits per heavy atom. The fraction of sp³-hybridized carbons (Fsp3) is 0.321. The molecule has 176 valence electrons. The topological polar surface area (TPSA) is 54.0 Å². The zero-order chi connectivity index (χ0) is 23.5. The maximum Gasteiger partial charge on any atom is 0.225 e. The first kappa shape index (κ1) is 22.1. The van der Waals surface area contributed by atoms with Crippen LogP contribution in [0.25, 0.3) is 0 Å². The second-order valence-electron chi connectivity index (χ2n) is 8.91. The van der Waals surface area contributed by atoms with Crippen molar-refractivity contribution in [3.05, 3.63) is 83.9 Å². The summed E-state index contributed by atoms with van der Waals surface area (Å²) in [6.45, 7) is 3.06. The van der Waals surface area contributed by atoms with Gasteiger partial charge >= 0.3 is 0 Å². The molecule has 0 unspecified atom stereocenters. The number of carbonyl (C=O) groups excluding carboxylic acids is 1. The first-order valence-electron chi connectivity index (χ1n) is 11.8. The Bertz CT molecular complexity index is 1130. The second-order valence-corrected chi connectivity index (χ2v) is 8.91. The van der Waals surface area contributed by atoms with Crippen molar-refractivity contribution in [1.82, 2.24) is 5.32 Å². The van der Waals surface area contributed by atoms with Crippen LogP contribution in [0.5, 0.6) is 11.5 Å². The lowest BCUT2D eigenvalue weighted by Gasteiger charge is -2.49. The van der Waals surface area contributed by atoms with Crippen LogP contribution in [0.1, 0.15) is 11.1 Å². The Morgan fingerprint density at radius 3 is 2.41 bits per heavy atom. The molecule has 6 nitrogen and oxygen atoms in total. The Balaban J connectivity index is 1.41. The highest BCUT2D eigenvalue weighted by Gasteiger charge is 2.41. The normalized spacial score (nSPS) is 19.1. The van der Waals surface area contributed by atoms with Crippen molar-refractivity contribution in [1.29, 1.82) is 0 Å². The molecule has 6 heteroatoms. The molecule has 5 rings (SSSR count). The van der Waals surface area contributed by atoms with Gasteiger partial charge in [-0.15, -0.1) is 0 Å². The summed E-state index contributed by atoms with van der Waals surface area (Å²) in [6, 6.07) is 24.5. The van der Waals surface area contributed by atoms with Crippen molar-refractivity contribution in [2.45, 2.75) is 19.0 Å². The van der Waals surface area contributed by atoms with E-state index in [2.05, 4.69) is 39.4 Å². The first-order chi connectivity index (χ1) is 16.7. The predicted molar refractivity (Wildman–Crippen MR) is 135 cm³/mol. The molecule has 1 amide bonds. The van der Waals surface area contributed by atoms with Crippen molar-refractivity contribution in [2.75, 3.05) is 43.7 Å². The van der Waals surface area contributed by atoms with E-state index < -0.39 is 0 Å². The van der Waals surface area contributed by atoms with Crippen molar-refractivity contribution in [2.24, 2.45) is 5.92 Å². The van der Waals surface area contributed by atoms with Crippen LogP contribution in [-0.2, 0) is 17.8 Å². The number of rotatable bonds is 6. The average molecular weight is 458 g/mol. The van der Waals surface area contributed by atoms with E-state index in [0.717, 1.165) is 48.8 Å². The number of benzene rings is 3. The molecule has 2 aliphatic rings. The summed E-state index contributed by atoms with van der Waals surface area (Å²) in [6.07, 6.45) is 0.720. The van der Waals surface area contributed by atoms with Gasteiger partial charge in [0, 0.05) is 43.6 Å². The largest absolute Gasteiger partial charge is 0.497 e. The third kappa shape index (κ3) is 4.40. The van der Waals surface area contributed by atoms with Gasteiger partial charge in [0.2, 0.25) is 5.91 Å². The van der Waals surface area contributed by atoms with Crippen LogP contribution in [0.2, 0.25) is 0 Å². The summed E-state index contributed by atoms with van der Waals surface area (Å²) >= 11 is 0. The molecule has 34 heavy (non-hydrogen) atoms. The molecule has 0 bridgehead atoms. The van der Waals surface area contributed by atoms with Crippen LogP contribution in [0.4, 0.5) is 11.4 Å². The number of nitrogens with zero attached hydrogens (tertiary/aromatic N) is 2. The fourth-order valence-electron chi connectivity index (χ4n) is 5.15. The van der Waals surface area contributed by atoms with Crippen LogP contribution < -0.4 is 24.6 Å². The average Bonchev–Trinajstić information content (AvgIpc) is 2.91. The van der Waals surface area contributed by atoms with Gasteiger partial charge in [-0.2, -0.15) is 0 Å². The zero-order valence-corrected chi connectivity index (χ0v) is 19.7. The first-order valence-corrected chi connectivity index (χ1v) is 11.8. The molecule has 1 fully saturated rings. The minimum atomic E-state index is -0.134. The molecule has 3 aromatic rings. The van der Waals surface area contributed by atoms with Gasteiger partial charge in [-0.05, 0) is 47.9 Å². The summed E-state index contributed by atoms with van der Waals surface area (Å²) in [4.78, 5) is 18.3. The summed E-state index contributed by atoms with van der Waals surface area (Å²) in [5.41, 5.74) is 4.65. The van der Waals surface area contributed by atoms with Crippen LogP contribution in [0.3, 0.4) is 0 Å². The Labute approximate surface area is 201 Å². The number of carbonyl (C=O) groups is 1. The summed E-state index contributed by atoms with van der Waals surface area (Å²) in [5, 5.41) is 3.20. The SMILES string of the molecule is COc1ccc(N2CCN3c4cc(OC)ccc4C[C@H](C(=O)NCc4ccccc4)[C@@H]3C2)cc1. The molecule has 0 aromatic heterocycles. The maximum absolute atomic E-state index is 13.5. The molecule has 0 spiro atoms. The lowest BCUT2D eigenvalue weighted by Crippen LogP contribution is -2.61. The van der Waals surface area contributed by atoms with E-state index in [9.17, 15) is 4.79 Å². The monoisotopic (exact) mass is 457 g/mol. The molecular weight excluding hydrogens is 426 g/mol. The fourth-order valence-corrected chi connectivity index (χ4v) is 5.15. The molecule has 0 aliphatic carbocycles. The van der Waals surface area contributed by atoms with E-state index in [1.165, 1.54) is 11.3 Å². The van der Waals surface area contributed by atoms with E-state index in [-0.39, 0.29) is 17.9 Å². The minimum absolute atomic E-state index is 0.0752. The molecule has 2 heterocycles. The van der Waals surface area contributed by atoms with E-state index in [4.69, 9.17) is 9.47 Å². The Morgan fingerprint density at radius 1 is 0.941 bits per heavy atom. The maximum atomic E-state index is 13.5. The number of hydrogen-bond donors (Lipinski definition) is 1. The van der Waals surface area contributed by atoms with Crippen LogP contribution in [0.15, 0.2) is 72.8 Å². The molecule has 2 aliphatic heterocycles. The van der Waals surface area contributed by atoms with Crippen LogP contribution >= 0.6 is 0 Å². The quantitative estimate of drug-likeness (QED) is 0.609. The number of fused-ring (bicyclic) bond motifs is 3. The smallest absolute Gasteiger partial charge is 0.225 e. The van der Waals surface area contributed by atoms with Gasteiger partial charge < -0.3 is 24.6 Å². The highest BCUT2D eigenvalue weighted by atomic mass is 16.5. The molecule has 0 radical (unpaired) electrons. The van der Waals surface area contributed by atoms with Crippen LogP contribution in [0, 0.1) is 5.92 Å². The zero-order valence-electron chi connectivity index (χ0n) is 19.7. The van der Waals surface area contributed by atoms with Gasteiger partial charge in [-0.25, -0.2) is 0 Å². The molecule has 0 saturated carbocycles. The van der Waals surface area contributed by atoms with E-state index >= 15 is 0 Å². The summed E-state index contributed by atoms with van der Waals surface area (Å²) in [7, 11) is 3.38. The van der Waals surface area contributed by atoms with Gasteiger partial charge in [0.1, 0.15) is 11.5 Å². The third-order valence-corrected chi connectivity index (χ3v) is 7.01. The standard InChI is InChI=1S/C28H31N3O3/c1-33-23-12-9-22(10-13-23)30-14-15-31-26-17-24(34-2)11-8-21(26)16-25(27(31)19-30)28(32)29-18-20-6-4-3-5-7-20/h3-13,17,25,27H,14-16,18-19H2,1-2H3,(H,29,32)/t25-,27-/m0/s1. The van der Waals surface area contributed by atoms with E-state index in [0.29, 0.717) is 6.54 Å². The van der Waals surface area contributed by atoms with Crippen LogP contribution in [-0.4, -0.2) is 45.8 Å². The molecule has 1 N–H and O–H groups in total. The van der Waals surface area contributed by atoms with Crippen molar-refractivity contribution < 1.29 is 14.3 Å². The second kappa shape index (κ2) is 9.67. The van der Waals surface area contributed by atoms with Crippen molar-refractivity contribution >= 4 is 17.3 Å². The van der Waals surface area contributed by atoms with Gasteiger partial charge in [-0.1, -0.05) is 36.4 Å². The molecule has 1 saturated heterocycles. The predicted octanol–water partition coefficient (Wildman–Crippen LogP) is 3.89. The number of piperazine rings is 1. The highest BCUT2D eigenvalue weighted by Crippen LogP contribution is 2.39. The van der Waals surface area contributed by atoms with Gasteiger partial charge in [0.05, 0.1) is 26.2 Å². The molecule has 2 atom stereocenters. The number of hydrogen-bond acceptors (Lipinski definition) is 5. The van der Waals surface area contributed by atoms with Crippen molar-refractivity contribution in [3.8, 4) is 11.5 Å². The number of methoxy groups -OCH3 is 2. The van der Waals surface area contributed by atoms with Gasteiger partial charge in [0.15, 0.2) is 0 Å². The third-order valence-electron chi connectivity index (χ3n) is 7.01. The summed E-state index contributed by atoms with van der Waals surface area (Å²) < 4.78 is 10.8. The van der Waals surface area contributed by atoms with Gasteiger partial charge in [0.25, 0.3) is 0 Å². The lowest BCUT2D eigenvalue weighted by atomic mass is 9.83. The lowest BCUT2D eigenvalue weighted by molar-refractivity contribution is -0.126. The molecular formula is C28H31N3O3. The Kier molecular flexibility index (Phi) is 6.30. The molecule has 3 aromatic carbocycles. The number of nitrogens with one attached hydrogen (secondary N) is 1. The number of anilines is 2. The van der Waals surface area contributed by atoms with E-state index in [1.54, 1.807) is 14.2 Å². The number of ether oxygens (including phenoxy) is 2. The highest BCUT2D eigenvalue weighted by molar-refractivity contribution is 5.82. The van der Waals surface area contributed by atoms with E-state index in [1.807, 2.05) is 48.5 Å². The Hall–Kier alpha value is -3.67.